The topological polar surface area (TPSA) is 84.0 Å². The number of hydrogen-bond acceptors (Lipinski definition) is 5. The van der Waals surface area contributed by atoms with Crippen LogP contribution in [0.15, 0.2) is 29.2 Å². The molecule has 2 saturated heterocycles. The highest BCUT2D eigenvalue weighted by Gasteiger charge is 2.27. The Hall–Kier alpha value is -1.93. The molecule has 1 atom stereocenters. The van der Waals surface area contributed by atoms with Crippen LogP contribution in [0, 0.1) is 0 Å². The van der Waals surface area contributed by atoms with E-state index in [-0.39, 0.29) is 29.0 Å². The molecule has 0 saturated carbocycles. The van der Waals surface area contributed by atoms with Gasteiger partial charge in [0, 0.05) is 25.7 Å². The monoisotopic (exact) mass is 422 g/mol. The molecule has 0 spiro atoms. The summed E-state index contributed by atoms with van der Waals surface area (Å²) in [6.07, 6.45) is 6.76. The highest BCUT2D eigenvalue weighted by atomic mass is 32.2. The Morgan fingerprint density at radius 2 is 1.72 bits per heavy atom. The van der Waals surface area contributed by atoms with Crippen molar-refractivity contribution in [3.8, 4) is 0 Å². The van der Waals surface area contributed by atoms with Crippen LogP contribution in [0.1, 0.15) is 62.2 Å². The van der Waals surface area contributed by atoms with Crippen molar-refractivity contribution in [3.05, 3.63) is 29.8 Å². The fraction of sp³-hybridized carbons (Fsp3) is 0.619. The summed E-state index contributed by atoms with van der Waals surface area (Å²) in [5.41, 5.74) is 0.139. The molecule has 160 valence electrons. The van der Waals surface area contributed by atoms with E-state index in [1.165, 1.54) is 28.6 Å². The average Bonchev–Trinajstić information content (AvgIpc) is 3.02. The number of nitrogens with zero attached hydrogens (tertiary/aromatic N) is 2. The Kier molecular flexibility index (Phi) is 7.29. The number of carbonyl (C=O) groups excluding carboxylic acids is 2. The molecule has 1 amide bonds. The van der Waals surface area contributed by atoms with E-state index in [4.69, 9.17) is 4.74 Å². The summed E-state index contributed by atoms with van der Waals surface area (Å²) in [6, 6.07) is 6.04. The summed E-state index contributed by atoms with van der Waals surface area (Å²) < 4.78 is 32.6. The number of benzene rings is 1. The zero-order valence-corrected chi connectivity index (χ0v) is 17.8. The molecular weight excluding hydrogens is 392 g/mol. The standard InChI is InChI=1S/C21H30N2O5S/c1-17-9-4-7-14-23(17)20(24)16-28-21(25)18-10-8-11-19(15-18)29(26,27)22-12-5-2-3-6-13-22/h8,10-11,15,17H,2-7,9,12-14,16H2,1H3/t17-/m0/s1. The fourth-order valence-electron chi connectivity index (χ4n) is 3.98. The van der Waals surface area contributed by atoms with Gasteiger partial charge >= 0.3 is 5.97 Å². The third kappa shape index (κ3) is 5.36. The van der Waals surface area contributed by atoms with Gasteiger partial charge in [0.15, 0.2) is 6.61 Å². The van der Waals surface area contributed by atoms with Gasteiger partial charge in [0.2, 0.25) is 10.0 Å². The molecule has 2 heterocycles. The Morgan fingerprint density at radius 3 is 2.41 bits per heavy atom. The second kappa shape index (κ2) is 9.71. The van der Waals surface area contributed by atoms with E-state index in [0.717, 1.165) is 44.9 Å². The normalized spacial score (nSPS) is 21.4. The summed E-state index contributed by atoms with van der Waals surface area (Å²) in [7, 11) is -3.65. The molecule has 0 bridgehead atoms. The molecule has 2 aliphatic heterocycles. The van der Waals surface area contributed by atoms with E-state index < -0.39 is 16.0 Å². The van der Waals surface area contributed by atoms with E-state index >= 15 is 0 Å². The van der Waals surface area contributed by atoms with Crippen molar-refractivity contribution in [2.75, 3.05) is 26.2 Å². The second-order valence-corrected chi connectivity index (χ2v) is 9.79. The van der Waals surface area contributed by atoms with Gasteiger partial charge in [-0.25, -0.2) is 13.2 Å². The van der Waals surface area contributed by atoms with Crippen LogP contribution in [0.4, 0.5) is 0 Å². The van der Waals surface area contributed by atoms with Gasteiger partial charge in [-0.05, 0) is 57.2 Å². The summed E-state index contributed by atoms with van der Waals surface area (Å²) in [4.78, 5) is 26.6. The number of hydrogen-bond donors (Lipinski definition) is 0. The maximum atomic E-state index is 12.9. The fourth-order valence-corrected chi connectivity index (χ4v) is 5.54. The lowest BCUT2D eigenvalue weighted by Crippen LogP contribution is -2.44. The molecular formula is C21H30N2O5S. The van der Waals surface area contributed by atoms with Crippen molar-refractivity contribution in [3.63, 3.8) is 0 Å². The number of carbonyl (C=O) groups is 2. The van der Waals surface area contributed by atoms with Gasteiger partial charge in [0.05, 0.1) is 10.5 Å². The van der Waals surface area contributed by atoms with Crippen molar-refractivity contribution in [1.29, 1.82) is 0 Å². The van der Waals surface area contributed by atoms with E-state index in [9.17, 15) is 18.0 Å². The Labute approximate surface area is 173 Å². The molecule has 7 nitrogen and oxygen atoms in total. The first-order chi connectivity index (χ1) is 13.9. The zero-order chi connectivity index (χ0) is 20.9. The van der Waals surface area contributed by atoms with Gasteiger partial charge in [0.1, 0.15) is 0 Å². The summed E-state index contributed by atoms with van der Waals surface area (Å²) in [5.74, 6) is -0.894. The molecule has 0 N–H and O–H groups in total. The van der Waals surface area contributed by atoms with E-state index in [0.29, 0.717) is 19.6 Å². The maximum Gasteiger partial charge on any atom is 0.338 e. The van der Waals surface area contributed by atoms with Crippen LogP contribution in [0.3, 0.4) is 0 Å². The Bertz CT molecular complexity index is 831. The van der Waals surface area contributed by atoms with Gasteiger partial charge in [0.25, 0.3) is 5.91 Å². The van der Waals surface area contributed by atoms with Crippen molar-refractivity contribution < 1.29 is 22.7 Å². The first-order valence-corrected chi connectivity index (χ1v) is 11.9. The van der Waals surface area contributed by atoms with Gasteiger partial charge in [-0.3, -0.25) is 4.79 Å². The molecule has 29 heavy (non-hydrogen) atoms. The minimum absolute atomic E-state index is 0.0878. The van der Waals surface area contributed by atoms with Crippen LogP contribution in [-0.4, -0.2) is 61.8 Å². The van der Waals surface area contributed by atoms with Crippen LogP contribution in [0.2, 0.25) is 0 Å². The SMILES string of the molecule is C[C@H]1CCCCN1C(=O)COC(=O)c1cccc(S(=O)(=O)N2CCCCCC2)c1. The lowest BCUT2D eigenvalue weighted by Gasteiger charge is -2.33. The molecule has 0 aliphatic carbocycles. The largest absolute Gasteiger partial charge is 0.452 e. The third-order valence-corrected chi connectivity index (χ3v) is 7.62. The third-order valence-electron chi connectivity index (χ3n) is 5.72. The molecule has 1 aromatic rings. The van der Waals surface area contributed by atoms with E-state index in [1.54, 1.807) is 4.90 Å². The number of esters is 1. The van der Waals surface area contributed by atoms with Crippen molar-refractivity contribution in [1.82, 2.24) is 9.21 Å². The van der Waals surface area contributed by atoms with Crippen LogP contribution < -0.4 is 0 Å². The highest BCUT2D eigenvalue weighted by Crippen LogP contribution is 2.22. The minimum atomic E-state index is -3.65. The lowest BCUT2D eigenvalue weighted by atomic mass is 10.0. The van der Waals surface area contributed by atoms with Gasteiger partial charge < -0.3 is 9.64 Å². The maximum absolute atomic E-state index is 12.9. The first-order valence-electron chi connectivity index (χ1n) is 10.5. The van der Waals surface area contributed by atoms with E-state index in [2.05, 4.69) is 0 Å². The lowest BCUT2D eigenvalue weighted by molar-refractivity contribution is -0.137. The van der Waals surface area contributed by atoms with Crippen molar-refractivity contribution >= 4 is 21.9 Å². The quantitative estimate of drug-likeness (QED) is 0.682. The summed E-state index contributed by atoms with van der Waals surface area (Å²) in [6.45, 7) is 3.35. The van der Waals surface area contributed by atoms with Crippen LogP contribution in [0.5, 0.6) is 0 Å². The zero-order valence-electron chi connectivity index (χ0n) is 17.0. The average molecular weight is 423 g/mol. The number of piperidine rings is 1. The molecule has 3 rings (SSSR count). The molecule has 2 aliphatic rings. The molecule has 0 unspecified atom stereocenters. The number of ether oxygens (including phenoxy) is 1. The van der Waals surface area contributed by atoms with Crippen LogP contribution in [0.25, 0.3) is 0 Å². The van der Waals surface area contributed by atoms with Crippen molar-refractivity contribution in [2.24, 2.45) is 0 Å². The predicted molar refractivity (Wildman–Crippen MR) is 109 cm³/mol. The summed E-state index contributed by atoms with van der Waals surface area (Å²) in [5, 5.41) is 0. The predicted octanol–water partition coefficient (Wildman–Crippen LogP) is 2.81. The van der Waals surface area contributed by atoms with Gasteiger partial charge in [-0.2, -0.15) is 4.31 Å². The van der Waals surface area contributed by atoms with Gasteiger partial charge in [-0.1, -0.05) is 18.9 Å². The number of rotatable bonds is 5. The molecule has 0 radical (unpaired) electrons. The molecule has 8 heteroatoms. The van der Waals surface area contributed by atoms with Crippen LogP contribution >= 0.6 is 0 Å². The minimum Gasteiger partial charge on any atom is -0.452 e. The molecule has 1 aromatic carbocycles. The number of likely N-dealkylation sites (tertiary alicyclic amines) is 1. The van der Waals surface area contributed by atoms with Crippen molar-refractivity contribution in [2.45, 2.75) is 62.8 Å². The smallest absolute Gasteiger partial charge is 0.338 e. The first kappa shape index (κ1) is 21.8. The van der Waals surface area contributed by atoms with Crippen LogP contribution in [-0.2, 0) is 19.6 Å². The van der Waals surface area contributed by atoms with E-state index in [1.807, 2.05) is 6.92 Å². The highest BCUT2D eigenvalue weighted by molar-refractivity contribution is 7.89. The number of sulfonamides is 1. The molecule has 0 aromatic heterocycles. The second-order valence-electron chi connectivity index (χ2n) is 7.85. The Balaban J connectivity index is 1.65. The summed E-state index contributed by atoms with van der Waals surface area (Å²) >= 11 is 0. The number of amides is 1. The van der Waals surface area contributed by atoms with Gasteiger partial charge in [-0.15, -0.1) is 0 Å². The molecule has 2 fully saturated rings. The Morgan fingerprint density at radius 1 is 1.03 bits per heavy atom.